The molecule has 1 saturated heterocycles. The van der Waals surface area contributed by atoms with Crippen molar-refractivity contribution in [3.05, 3.63) is 0 Å². The summed E-state index contributed by atoms with van der Waals surface area (Å²) in [7, 11) is 0. The Morgan fingerprint density at radius 1 is 1.67 bits per heavy atom. The van der Waals surface area contributed by atoms with E-state index in [2.05, 4.69) is 12.8 Å². The monoisotopic (exact) mass is 225 g/mol. The molecule has 0 saturated carbocycles. The second-order valence-corrected chi connectivity index (χ2v) is 5.71. The predicted molar refractivity (Wildman–Crippen MR) is 65.8 cm³/mol. The van der Waals surface area contributed by atoms with E-state index in [9.17, 15) is 4.79 Å². The molecule has 1 fully saturated rings. The standard InChI is InChI=1S/C12H19NOS/c1-4-8-13(9-5-2)11(14)12(3)7-6-10-15-12/h1H,5-10H2,2-3H3. The number of carbonyl (C=O) groups excluding carboxylic acids is 1. The molecule has 2 nitrogen and oxygen atoms in total. The summed E-state index contributed by atoms with van der Waals surface area (Å²) in [5.74, 6) is 3.89. The zero-order valence-electron chi connectivity index (χ0n) is 9.58. The van der Waals surface area contributed by atoms with E-state index in [0.717, 1.165) is 31.6 Å². The largest absolute Gasteiger partial charge is 0.330 e. The molecular formula is C12H19NOS. The molecule has 0 aromatic carbocycles. The summed E-state index contributed by atoms with van der Waals surface area (Å²) in [6.45, 7) is 5.34. The topological polar surface area (TPSA) is 20.3 Å². The lowest BCUT2D eigenvalue weighted by Crippen LogP contribution is -2.44. The molecule has 0 radical (unpaired) electrons. The summed E-state index contributed by atoms with van der Waals surface area (Å²) in [6.07, 6.45) is 8.38. The summed E-state index contributed by atoms with van der Waals surface area (Å²) >= 11 is 1.77. The highest BCUT2D eigenvalue weighted by molar-refractivity contribution is 8.01. The number of amides is 1. The van der Waals surface area contributed by atoms with Crippen molar-refractivity contribution in [2.24, 2.45) is 0 Å². The van der Waals surface area contributed by atoms with E-state index in [4.69, 9.17) is 6.42 Å². The van der Waals surface area contributed by atoms with E-state index in [-0.39, 0.29) is 10.7 Å². The van der Waals surface area contributed by atoms with Gasteiger partial charge in [0.1, 0.15) is 0 Å². The Morgan fingerprint density at radius 3 is 2.87 bits per heavy atom. The maximum Gasteiger partial charge on any atom is 0.239 e. The van der Waals surface area contributed by atoms with E-state index in [0.29, 0.717) is 6.54 Å². The summed E-state index contributed by atoms with van der Waals surface area (Å²) < 4.78 is -0.216. The second kappa shape index (κ2) is 5.46. The Balaban J connectivity index is 2.66. The molecule has 1 unspecified atom stereocenters. The number of hydrogen-bond acceptors (Lipinski definition) is 2. The maximum atomic E-state index is 12.3. The summed E-state index contributed by atoms with van der Waals surface area (Å²) in [5, 5.41) is 0. The SMILES string of the molecule is C#CCN(CCC)C(=O)C1(C)CCCS1. The van der Waals surface area contributed by atoms with Crippen LogP contribution in [0, 0.1) is 12.3 Å². The Bertz CT molecular complexity index is 263. The van der Waals surface area contributed by atoms with Crippen LogP contribution in [0.3, 0.4) is 0 Å². The molecule has 84 valence electrons. The number of rotatable bonds is 4. The smallest absolute Gasteiger partial charge is 0.239 e. The molecule has 1 aliphatic rings. The van der Waals surface area contributed by atoms with Gasteiger partial charge in [0.2, 0.25) is 5.91 Å². The van der Waals surface area contributed by atoms with Crippen molar-refractivity contribution >= 4 is 17.7 Å². The molecule has 1 heterocycles. The van der Waals surface area contributed by atoms with Gasteiger partial charge in [-0.25, -0.2) is 0 Å². The van der Waals surface area contributed by atoms with Gasteiger partial charge in [0.15, 0.2) is 0 Å². The molecule has 1 amide bonds. The number of carbonyl (C=O) groups is 1. The van der Waals surface area contributed by atoms with Crippen molar-refractivity contribution in [3.8, 4) is 12.3 Å². The van der Waals surface area contributed by atoms with Crippen LogP contribution in [0.2, 0.25) is 0 Å². The minimum atomic E-state index is -0.216. The van der Waals surface area contributed by atoms with Crippen molar-refractivity contribution in [2.45, 2.75) is 37.9 Å². The van der Waals surface area contributed by atoms with Crippen molar-refractivity contribution in [1.29, 1.82) is 0 Å². The zero-order chi connectivity index (χ0) is 11.3. The predicted octanol–water partition coefficient (Wildman–Crippen LogP) is 2.14. The molecule has 0 N–H and O–H groups in total. The fourth-order valence-corrected chi connectivity index (χ4v) is 3.20. The van der Waals surface area contributed by atoms with Gasteiger partial charge in [-0.3, -0.25) is 4.79 Å². The van der Waals surface area contributed by atoms with Crippen LogP contribution < -0.4 is 0 Å². The molecule has 3 heteroatoms. The number of thioether (sulfide) groups is 1. The molecule has 0 spiro atoms. The Kier molecular flexibility index (Phi) is 4.53. The van der Waals surface area contributed by atoms with Crippen LogP contribution in [-0.4, -0.2) is 34.4 Å². The first kappa shape index (κ1) is 12.4. The Labute approximate surface area is 96.8 Å². The van der Waals surface area contributed by atoms with E-state index < -0.39 is 0 Å². The number of terminal acetylenes is 1. The fraction of sp³-hybridized carbons (Fsp3) is 0.750. The van der Waals surface area contributed by atoms with Crippen molar-refractivity contribution < 1.29 is 4.79 Å². The average Bonchev–Trinajstić information content (AvgIpc) is 2.65. The average molecular weight is 225 g/mol. The van der Waals surface area contributed by atoms with Crippen LogP contribution in [0.1, 0.15) is 33.1 Å². The third-order valence-corrected chi connectivity index (χ3v) is 4.24. The van der Waals surface area contributed by atoms with E-state index >= 15 is 0 Å². The molecule has 15 heavy (non-hydrogen) atoms. The maximum absolute atomic E-state index is 12.3. The first-order valence-electron chi connectivity index (χ1n) is 5.51. The molecule has 1 rings (SSSR count). The van der Waals surface area contributed by atoms with E-state index in [1.54, 1.807) is 11.8 Å². The zero-order valence-corrected chi connectivity index (χ0v) is 10.4. The highest BCUT2D eigenvalue weighted by Crippen LogP contribution is 2.39. The second-order valence-electron chi connectivity index (χ2n) is 4.11. The molecule has 0 aliphatic carbocycles. The molecule has 0 aromatic rings. The molecular weight excluding hydrogens is 206 g/mol. The molecule has 1 aliphatic heterocycles. The van der Waals surface area contributed by atoms with Crippen LogP contribution in [0.5, 0.6) is 0 Å². The number of nitrogens with zero attached hydrogens (tertiary/aromatic N) is 1. The van der Waals surface area contributed by atoms with Crippen molar-refractivity contribution in [3.63, 3.8) is 0 Å². The van der Waals surface area contributed by atoms with Gasteiger partial charge in [-0.05, 0) is 31.9 Å². The quantitative estimate of drug-likeness (QED) is 0.683. The molecule has 0 aromatic heterocycles. The summed E-state index contributed by atoms with van der Waals surface area (Å²) in [4.78, 5) is 14.1. The van der Waals surface area contributed by atoms with E-state index in [1.807, 2.05) is 11.8 Å². The van der Waals surface area contributed by atoms with Gasteiger partial charge in [-0.2, -0.15) is 0 Å². The first-order valence-corrected chi connectivity index (χ1v) is 6.49. The van der Waals surface area contributed by atoms with Gasteiger partial charge in [-0.15, -0.1) is 18.2 Å². The minimum Gasteiger partial charge on any atom is -0.330 e. The van der Waals surface area contributed by atoms with Crippen LogP contribution in [0.4, 0.5) is 0 Å². The Morgan fingerprint density at radius 2 is 2.40 bits per heavy atom. The van der Waals surface area contributed by atoms with Gasteiger partial charge in [0, 0.05) is 6.54 Å². The first-order chi connectivity index (χ1) is 7.14. The minimum absolute atomic E-state index is 0.216. The fourth-order valence-electron chi connectivity index (χ4n) is 1.91. The highest BCUT2D eigenvalue weighted by atomic mass is 32.2. The lowest BCUT2D eigenvalue weighted by atomic mass is 10.0. The van der Waals surface area contributed by atoms with Gasteiger partial charge < -0.3 is 4.90 Å². The van der Waals surface area contributed by atoms with Gasteiger partial charge in [0.25, 0.3) is 0 Å². The van der Waals surface area contributed by atoms with Crippen LogP contribution >= 0.6 is 11.8 Å². The lowest BCUT2D eigenvalue weighted by Gasteiger charge is -2.29. The molecule has 1 atom stereocenters. The normalized spacial score (nSPS) is 24.9. The van der Waals surface area contributed by atoms with Gasteiger partial charge >= 0.3 is 0 Å². The molecule has 0 bridgehead atoms. The Hall–Kier alpha value is -0.620. The van der Waals surface area contributed by atoms with Gasteiger partial charge in [-0.1, -0.05) is 12.8 Å². The number of hydrogen-bond donors (Lipinski definition) is 0. The van der Waals surface area contributed by atoms with Gasteiger partial charge in [0.05, 0.1) is 11.3 Å². The third-order valence-electron chi connectivity index (χ3n) is 2.73. The lowest BCUT2D eigenvalue weighted by molar-refractivity contribution is -0.132. The van der Waals surface area contributed by atoms with Crippen LogP contribution in [0.15, 0.2) is 0 Å². The highest BCUT2D eigenvalue weighted by Gasteiger charge is 2.39. The third kappa shape index (κ3) is 2.92. The summed E-state index contributed by atoms with van der Waals surface area (Å²) in [6, 6.07) is 0. The summed E-state index contributed by atoms with van der Waals surface area (Å²) in [5.41, 5.74) is 0. The van der Waals surface area contributed by atoms with E-state index in [1.165, 1.54) is 0 Å². The van der Waals surface area contributed by atoms with Crippen molar-refractivity contribution in [1.82, 2.24) is 4.90 Å². The van der Waals surface area contributed by atoms with Crippen LogP contribution in [-0.2, 0) is 4.79 Å². The van der Waals surface area contributed by atoms with Crippen molar-refractivity contribution in [2.75, 3.05) is 18.8 Å². The van der Waals surface area contributed by atoms with Crippen LogP contribution in [0.25, 0.3) is 0 Å².